The molecule has 0 bridgehead atoms. The first-order valence-corrected chi connectivity index (χ1v) is 12.0. The van der Waals surface area contributed by atoms with Crippen molar-refractivity contribution in [2.75, 3.05) is 19.1 Å². The molecular formula is C28H21FN6O4. The molecule has 0 aliphatic rings. The number of aromatic nitrogens is 5. The first-order valence-electron chi connectivity index (χ1n) is 12.0. The van der Waals surface area contributed by atoms with E-state index in [2.05, 4.69) is 20.5 Å². The van der Waals surface area contributed by atoms with E-state index in [0.29, 0.717) is 39.3 Å². The highest BCUT2D eigenvalue weighted by Gasteiger charge is 2.19. The summed E-state index contributed by atoms with van der Waals surface area (Å²) in [5.74, 6) is -0.426. The predicted molar refractivity (Wildman–Crippen MR) is 142 cm³/mol. The largest absolute Gasteiger partial charge is 0.481 e. The second-order valence-electron chi connectivity index (χ2n) is 8.70. The zero-order chi connectivity index (χ0) is 26.9. The van der Waals surface area contributed by atoms with Gasteiger partial charge in [0.15, 0.2) is 12.3 Å². The third kappa shape index (κ3) is 4.44. The van der Waals surface area contributed by atoms with Gasteiger partial charge in [-0.2, -0.15) is 5.10 Å². The fourth-order valence-corrected chi connectivity index (χ4v) is 4.45. The highest BCUT2D eigenvalue weighted by atomic mass is 19.1. The van der Waals surface area contributed by atoms with Crippen molar-refractivity contribution in [3.63, 3.8) is 0 Å². The number of carbonyl (C=O) groups excluding carboxylic acids is 1. The molecule has 0 aliphatic heterocycles. The first-order chi connectivity index (χ1) is 19.0. The molecule has 10 nitrogen and oxygen atoms in total. The van der Waals surface area contributed by atoms with Gasteiger partial charge in [0, 0.05) is 31.1 Å². The number of amides is 1. The van der Waals surface area contributed by atoms with E-state index in [-0.39, 0.29) is 24.4 Å². The van der Waals surface area contributed by atoms with E-state index in [1.165, 1.54) is 24.5 Å². The molecule has 0 spiro atoms. The number of hydrogen-bond donors (Lipinski definition) is 1. The molecule has 0 saturated carbocycles. The zero-order valence-electron chi connectivity index (χ0n) is 20.7. The molecule has 1 amide bonds. The number of ether oxygens (including phenoxy) is 2. The Morgan fingerprint density at radius 3 is 2.69 bits per heavy atom. The van der Waals surface area contributed by atoms with Gasteiger partial charge in [-0.15, -0.1) is 0 Å². The number of halogens is 1. The number of benzene rings is 2. The Bertz CT molecular complexity index is 1910. The SMILES string of the molecule is COCc1nn2c(ncc3c(=O)n(NC(=O)COc4cccc5cccnc45)ccc32)c1-c1ccc(F)cc1. The van der Waals surface area contributed by atoms with Gasteiger partial charge in [0.05, 0.1) is 28.8 Å². The number of carbonyl (C=O) groups is 1. The Balaban J connectivity index is 1.30. The molecule has 0 saturated heterocycles. The van der Waals surface area contributed by atoms with Crippen LogP contribution in [0.1, 0.15) is 5.69 Å². The molecule has 4 aromatic heterocycles. The third-order valence-corrected chi connectivity index (χ3v) is 6.20. The van der Waals surface area contributed by atoms with E-state index in [0.717, 1.165) is 10.1 Å². The van der Waals surface area contributed by atoms with Gasteiger partial charge in [-0.05, 0) is 35.9 Å². The van der Waals surface area contributed by atoms with Crippen LogP contribution in [0.5, 0.6) is 5.75 Å². The highest BCUT2D eigenvalue weighted by Crippen LogP contribution is 2.29. The van der Waals surface area contributed by atoms with Crippen LogP contribution in [0.4, 0.5) is 4.39 Å². The summed E-state index contributed by atoms with van der Waals surface area (Å²) >= 11 is 0. The number of methoxy groups -OCH3 is 1. The third-order valence-electron chi connectivity index (χ3n) is 6.20. The van der Waals surface area contributed by atoms with E-state index >= 15 is 0 Å². The van der Waals surface area contributed by atoms with Crippen molar-refractivity contribution in [2.24, 2.45) is 0 Å². The van der Waals surface area contributed by atoms with Gasteiger partial charge in [-0.3, -0.25) is 20.0 Å². The average Bonchev–Trinajstić information content (AvgIpc) is 3.32. The van der Waals surface area contributed by atoms with Gasteiger partial charge in [0.25, 0.3) is 11.5 Å². The van der Waals surface area contributed by atoms with E-state index in [1.54, 1.807) is 42.1 Å². The fourth-order valence-electron chi connectivity index (χ4n) is 4.45. The van der Waals surface area contributed by atoms with Crippen LogP contribution < -0.4 is 15.7 Å². The Kier molecular flexibility index (Phi) is 6.17. The van der Waals surface area contributed by atoms with Crippen LogP contribution in [0.3, 0.4) is 0 Å². The molecule has 39 heavy (non-hydrogen) atoms. The summed E-state index contributed by atoms with van der Waals surface area (Å²) in [6.07, 6.45) is 4.52. The standard InChI is InChI=1S/C28H21FN6O4/c1-38-15-21-25(17-7-9-19(29)10-8-17)27-31-14-20-22(35(27)32-21)11-13-34(28(20)37)33-24(36)16-39-23-6-2-4-18-5-3-12-30-26(18)23/h2-14H,15-16H2,1H3,(H,33,36). The summed E-state index contributed by atoms with van der Waals surface area (Å²) in [7, 11) is 1.55. The molecule has 6 rings (SSSR count). The van der Waals surface area contributed by atoms with E-state index < -0.39 is 11.5 Å². The van der Waals surface area contributed by atoms with Gasteiger partial charge >= 0.3 is 0 Å². The second kappa shape index (κ2) is 9.95. The monoisotopic (exact) mass is 524 g/mol. The molecule has 0 unspecified atom stereocenters. The predicted octanol–water partition coefficient (Wildman–Crippen LogP) is 3.69. The Labute approximate surface area is 220 Å². The van der Waals surface area contributed by atoms with Crippen molar-refractivity contribution in [3.05, 3.63) is 101 Å². The van der Waals surface area contributed by atoms with Crippen LogP contribution in [0.25, 0.3) is 38.6 Å². The lowest BCUT2D eigenvalue weighted by atomic mass is 10.1. The Morgan fingerprint density at radius 2 is 1.87 bits per heavy atom. The maximum Gasteiger partial charge on any atom is 0.280 e. The maximum atomic E-state index is 13.5. The molecule has 4 heterocycles. The van der Waals surface area contributed by atoms with Crippen LogP contribution >= 0.6 is 0 Å². The van der Waals surface area contributed by atoms with Crippen LogP contribution in [-0.2, 0) is 16.1 Å². The number of hydrogen-bond acceptors (Lipinski definition) is 7. The molecule has 1 N–H and O–H groups in total. The number of pyridine rings is 2. The topological polar surface area (TPSA) is 113 Å². The minimum absolute atomic E-state index is 0.191. The summed E-state index contributed by atoms with van der Waals surface area (Å²) in [6, 6.07) is 16.8. The van der Waals surface area contributed by atoms with E-state index in [1.807, 2.05) is 24.3 Å². The quantitative estimate of drug-likeness (QED) is 0.339. The normalized spacial score (nSPS) is 11.3. The summed E-state index contributed by atoms with van der Waals surface area (Å²) in [4.78, 5) is 34.7. The molecule has 11 heteroatoms. The second-order valence-corrected chi connectivity index (χ2v) is 8.70. The minimum Gasteiger partial charge on any atom is -0.481 e. The Hall–Kier alpha value is -5.16. The van der Waals surface area contributed by atoms with Crippen molar-refractivity contribution < 1.29 is 18.7 Å². The lowest BCUT2D eigenvalue weighted by molar-refractivity contribution is -0.119. The highest BCUT2D eigenvalue weighted by molar-refractivity contribution is 5.89. The maximum absolute atomic E-state index is 13.5. The smallest absolute Gasteiger partial charge is 0.280 e. The van der Waals surface area contributed by atoms with Gasteiger partial charge < -0.3 is 9.47 Å². The van der Waals surface area contributed by atoms with Crippen molar-refractivity contribution in [1.29, 1.82) is 0 Å². The summed E-state index contributed by atoms with van der Waals surface area (Å²) < 4.78 is 27.1. The number of nitrogens with zero attached hydrogens (tertiary/aromatic N) is 5. The van der Waals surface area contributed by atoms with E-state index in [9.17, 15) is 14.0 Å². The molecule has 0 aliphatic carbocycles. The Morgan fingerprint density at radius 1 is 1.05 bits per heavy atom. The average molecular weight is 525 g/mol. The van der Waals surface area contributed by atoms with E-state index in [4.69, 9.17) is 9.47 Å². The number of nitrogens with one attached hydrogen (secondary N) is 1. The number of fused-ring (bicyclic) bond motifs is 4. The van der Waals surface area contributed by atoms with Gasteiger partial charge in [-0.25, -0.2) is 18.6 Å². The molecule has 6 aromatic rings. The molecule has 2 aromatic carbocycles. The minimum atomic E-state index is -0.529. The zero-order valence-corrected chi connectivity index (χ0v) is 20.7. The number of rotatable bonds is 7. The van der Waals surface area contributed by atoms with Crippen LogP contribution in [0.15, 0.2) is 84.0 Å². The van der Waals surface area contributed by atoms with Crippen LogP contribution in [0, 0.1) is 5.82 Å². The van der Waals surface area contributed by atoms with Crippen molar-refractivity contribution >= 4 is 33.4 Å². The van der Waals surface area contributed by atoms with Crippen molar-refractivity contribution in [2.45, 2.75) is 6.61 Å². The molecule has 0 fully saturated rings. The summed E-state index contributed by atoms with van der Waals surface area (Å²) in [5.41, 5.74) is 5.64. The van der Waals surface area contributed by atoms with Gasteiger partial charge in [0.2, 0.25) is 0 Å². The first kappa shape index (κ1) is 24.2. The van der Waals surface area contributed by atoms with Gasteiger partial charge in [0.1, 0.15) is 17.1 Å². The summed E-state index contributed by atoms with van der Waals surface area (Å²) in [5, 5.41) is 5.74. The molecule has 0 radical (unpaired) electrons. The lowest BCUT2D eigenvalue weighted by Crippen LogP contribution is -2.35. The molecule has 0 atom stereocenters. The molecule has 194 valence electrons. The van der Waals surface area contributed by atoms with Gasteiger partial charge in [-0.1, -0.05) is 30.3 Å². The van der Waals surface area contributed by atoms with Crippen molar-refractivity contribution in [1.82, 2.24) is 24.3 Å². The van der Waals surface area contributed by atoms with Crippen molar-refractivity contribution in [3.8, 4) is 16.9 Å². The number of para-hydroxylation sites is 1. The van der Waals surface area contributed by atoms with Crippen LogP contribution in [-0.4, -0.2) is 43.9 Å². The lowest BCUT2D eigenvalue weighted by Gasteiger charge is -2.11. The molecular weight excluding hydrogens is 503 g/mol. The summed E-state index contributed by atoms with van der Waals surface area (Å²) in [6.45, 7) is -0.130. The van der Waals surface area contributed by atoms with Crippen LogP contribution in [0.2, 0.25) is 0 Å². The fraction of sp³-hybridized carbons (Fsp3) is 0.107.